The summed E-state index contributed by atoms with van der Waals surface area (Å²) in [6.07, 6.45) is 0.306. The highest BCUT2D eigenvalue weighted by Gasteiger charge is 2.38. The quantitative estimate of drug-likeness (QED) is 0.282. The first kappa shape index (κ1) is 26.4. The molecule has 1 aromatic carbocycles. The first-order chi connectivity index (χ1) is 18.1. The number of carbonyl (C=O) groups excluding carboxylic acids is 1. The molecule has 3 aromatic heterocycles. The third kappa shape index (κ3) is 5.35. The van der Waals surface area contributed by atoms with E-state index < -0.39 is 23.3 Å². The summed E-state index contributed by atoms with van der Waals surface area (Å²) in [4.78, 5) is 33.7. The van der Waals surface area contributed by atoms with Crippen LogP contribution in [0.1, 0.15) is 41.7 Å². The number of hydrogen-bond acceptors (Lipinski definition) is 4. The summed E-state index contributed by atoms with van der Waals surface area (Å²) < 4.78 is 44.0. The van der Waals surface area contributed by atoms with Crippen LogP contribution in [0.4, 0.5) is 13.2 Å². The summed E-state index contributed by atoms with van der Waals surface area (Å²) in [5.41, 5.74) is 0.230. The van der Waals surface area contributed by atoms with E-state index in [1.165, 1.54) is 0 Å². The molecule has 3 heterocycles. The van der Waals surface area contributed by atoms with Gasteiger partial charge in [-0.3, -0.25) is 13.9 Å². The van der Waals surface area contributed by atoms with E-state index in [9.17, 15) is 22.8 Å². The average Bonchev–Trinajstić information content (AvgIpc) is 3.16. The van der Waals surface area contributed by atoms with Crippen LogP contribution in [-0.2, 0) is 12.7 Å². The molecule has 4 aromatic rings. The Kier molecular flexibility index (Phi) is 7.32. The maximum Gasteiger partial charge on any atom is 0.434 e. The van der Waals surface area contributed by atoms with Crippen LogP contribution in [0, 0.1) is 5.92 Å². The van der Waals surface area contributed by atoms with Crippen LogP contribution in [0.25, 0.3) is 16.7 Å². The lowest BCUT2D eigenvalue weighted by atomic mass is 9.85. The Hall–Kier alpha value is -3.18. The minimum Gasteiger partial charge on any atom is -0.349 e. The molecule has 7 nitrogen and oxygen atoms in total. The normalized spacial score (nSPS) is 18.0. The molecule has 0 saturated heterocycles. The number of hydrogen-bond donors (Lipinski definition) is 1. The topological polar surface area (TPSA) is 81.8 Å². The summed E-state index contributed by atoms with van der Waals surface area (Å²) in [6.45, 7) is 0.493. The van der Waals surface area contributed by atoms with Crippen molar-refractivity contribution in [1.29, 1.82) is 0 Å². The molecule has 1 aliphatic carbocycles. The summed E-state index contributed by atoms with van der Waals surface area (Å²) in [6, 6.07) is 11.9. The predicted octanol–water partition coefficient (Wildman–Crippen LogP) is 6.01. The van der Waals surface area contributed by atoms with Gasteiger partial charge in [0.1, 0.15) is 4.60 Å². The molecular formula is C26H22BrClF3N5O2. The number of para-hydroxylation sites is 2. The van der Waals surface area contributed by atoms with Crippen molar-refractivity contribution in [1.82, 2.24) is 24.4 Å². The van der Waals surface area contributed by atoms with Crippen LogP contribution >= 0.6 is 27.5 Å². The largest absolute Gasteiger partial charge is 0.434 e. The van der Waals surface area contributed by atoms with Crippen molar-refractivity contribution in [2.75, 3.05) is 0 Å². The fourth-order valence-electron chi connectivity index (χ4n) is 4.98. The zero-order valence-corrected chi connectivity index (χ0v) is 22.2. The zero-order valence-electron chi connectivity index (χ0n) is 19.9. The van der Waals surface area contributed by atoms with Gasteiger partial charge in [0.05, 0.1) is 33.5 Å². The van der Waals surface area contributed by atoms with Gasteiger partial charge in [0.15, 0.2) is 5.69 Å². The summed E-state index contributed by atoms with van der Waals surface area (Å²) in [5.74, 6) is -0.681. The van der Waals surface area contributed by atoms with Crippen molar-refractivity contribution in [3.63, 3.8) is 0 Å². The average molecular weight is 609 g/mol. The second kappa shape index (κ2) is 10.5. The van der Waals surface area contributed by atoms with Crippen molar-refractivity contribution >= 4 is 44.5 Å². The Bertz CT molecular complexity index is 1540. The van der Waals surface area contributed by atoms with Gasteiger partial charge >= 0.3 is 11.9 Å². The molecule has 0 unspecified atom stereocenters. The summed E-state index contributed by atoms with van der Waals surface area (Å²) in [5, 5.41) is 2.66. The van der Waals surface area contributed by atoms with Gasteiger partial charge in [-0.15, -0.1) is 0 Å². The summed E-state index contributed by atoms with van der Waals surface area (Å²) in [7, 11) is 0. The monoisotopic (exact) mass is 607 g/mol. The molecule has 1 saturated carbocycles. The van der Waals surface area contributed by atoms with Crippen molar-refractivity contribution in [2.24, 2.45) is 5.92 Å². The van der Waals surface area contributed by atoms with E-state index >= 15 is 0 Å². The molecule has 1 fully saturated rings. The lowest BCUT2D eigenvalue weighted by molar-refractivity contribution is -0.141. The molecule has 0 spiro atoms. The molecule has 1 N–H and O–H groups in total. The number of amides is 1. The first-order valence-electron chi connectivity index (χ1n) is 12.0. The van der Waals surface area contributed by atoms with Gasteiger partial charge in [0, 0.05) is 18.8 Å². The standard InChI is InChI=1S/C26H22BrClF3N5O2/c27-22-10-9-18(13-32-22)36-21-4-2-1-3-20(21)35(25(36)38)14-15-5-7-17(8-6-15)34-24(37)19-11-16(28)12-33-23(19)26(29,30)31/h1-4,9-13,15,17H,5-8,14H2,(H,34,37). The molecule has 0 atom stereocenters. The van der Waals surface area contributed by atoms with Crippen molar-refractivity contribution in [2.45, 2.75) is 44.4 Å². The fourth-order valence-corrected chi connectivity index (χ4v) is 5.38. The Labute approximate surface area is 228 Å². The second-order valence-corrected chi connectivity index (χ2v) is 10.5. The van der Waals surface area contributed by atoms with E-state index in [1.54, 1.807) is 21.4 Å². The third-order valence-corrected chi connectivity index (χ3v) is 7.47. The van der Waals surface area contributed by atoms with Gasteiger partial charge in [0.2, 0.25) is 0 Å². The molecule has 1 aliphatic rings. The number of fused-ring (bicyclic) bond motifs is 1. The fraction of sp³-hybridized carbons (Fsp3) is 0.308. The van der Waals surface area contributed by atoms with E-state index in [0.29, 0.717) is 42.5 Å². The van der Waals surface area contributed by atoms with Gasteiger partial charge < -0.3 is 5.32 Å². The van der Waals surface area contributed by atoms with E-state index in [-0.39, 0.29) is 22.7 Å². The number of rotatable bonds is 5. The van der Waals surface area contributed by atoms with Crippen LogP contribution in [0.15, 0.2) is 64.3 Å². The summed E-state index contributed by atoms with van der Waals surface area (Å²) >= 11 is 9.12. The van der Waals surface area contributed by atoms with Crippen LogP contribution in [-0.4, -0.2) is 31.1 Å². The number of nitrogens with zero attached hydrogens (tertiary/aromatic N) is 4. The number of alkyl halides is 3. The highest BCUT2D eigenvalue weighted by molar-refractivity contribution is 9.10. The van der Waals surface area contributed by atoms with Crippen molar-refractivity contribution < 1.29 is 18.0 Å². The van der Waals surface area contributed by atoms with E-state index in [2.05, 4.69) is 31.2 Å². The van der Waals surface area contributed by atoms with Crippen molar-refractivity contribution in [3.8, 4) is 5.69 Å². The molecule has 198 valence electrons. The Morgan fingerprint density at radius 2 is 1.76 bits per heavy atom. The minimum atomic E-state index is -4.77. The second-order valence-electron chi connectivity index (χ2n) is 9.29. The number of nitrogens with one attached hydrogen (secondary N) is 1. The van der Waals surface area contributed by atoms with E-state index in [4.69, 9.17) is 11.6 Å². The highest BCUT2D eigenvalue weighted by atomic mass is 79.9. The van der Waals surface area contributed by atoms with Gasteiger partial charge in [-0.1, -0.05) is 23.7 Å². The molecule has 38 heavy (non-hydrogen) atoms. The lowest BCUT2D eigenvalue weighted by Gasteiger charge is -2.29. The number of carbonyl (C=O) groups is 1. The molecule has 0 aliphatic heterocycles. The predicted molar refractivity (Wildman–Crippen MR) is 140 cm³/mol. The van der Waals surface area contributed by atoms with Gasteiger partial charge in [-0.2, -0.15) is 13.2 Å². The van der Waals surface area contributed by atoms with Crippen LogP contribution in [0.2, 0.25) is 5.02 Å². The van der Waals surface area contributed by atoms with E-state index in [1.807, 2.05) is 30.3 Å². The molecule has 0 bridgehead atoms. The minimum absolute atomic E-state index is 0.0459. The van der Waals surface area contributed by atoms with Gasteiger partial charge in [-0.05, 0) is 77.9 Å². The van der Waals surface area contributed by atoms with Crippen LogP contribution < -0.4 is 11.0 Å². The molecule has 5 rings (SSSR count). The lowest BCUT2D eigenvalue weighted by Crippen LogP contribution is -2.39. The van der Waals surface area contributed by atoms with Crippen molar-refractivity contribution in [3.05, 3.63) is 86.2 Å². The first-order valence-corrected chi connectivity index (χ1v) is 13.1. The molecule has 12 heteroatoms. The Morgan fingerprint density at radius 1 is 1.05 bits per heavy atom. The SMILES string of the molecule is O=C(NC1CCC(Cn2c(=O)n(-c3ccc(Br)nc3)c3ccccc32)CC1)c1cc(Cl)cnc1C(F)(F)F. The van der Waals surface area contributed by atoms with Gasteiger partial charge in [-0.25, -0.2) is 14.8 Å². The zero-order chi connectivity index (χ0) is 27.0. The number of benzene rings is 1. The Morgan fingerprint density at radius 3 is 2.42 bits per heavy atom. The number of imidazole rings is 1. The molecular weight excluding hydrogens is 587 g/mol. The van der Waals surface area contributed by atoms with Crippen LogP contribution in [0.5, 0.6) is 0 Å². The molecule has 0 radical (unpaired) electrons. The third-order valence-electron chi connectivity index (χ3n) is 6.80. The Balaban J connectivity index is 1.30. The van der Waals surface area contributed by atoms with Gasteiger partial charge in [0.25, 0.3) is 5.91 Å². The smallest absolute Gasteiger partial charge is 0.349 e. The highest BCUT2D eigenvalue weighted by Crippen LogP contribution is 2.32. The number of aromatic nitrogens is 4. The number of halogens is 5. The van der Waals surface area contributed by atoms with E-state index in [0.717, 1.165) is 23.3 Å². The van der Waals surface area contributed by atoms with Crippen LogP contribution in [0.3, 0.4) is 0 Å². The maximum atomic E-state index is 13.5. The number of pyridine rings is 2. The molecule has 1 amide bonds. The maximum absolute atomic E-state index is 13.5.